The second-order valence-corrected chi connectivity index (χ2v) is 10.8. The molecule has 1 saturated heterocycles. The monoisotopic (exact) mass is 524 g/mol. The molecular formula is C26H25FN4O5S. The van der Waals surface area contributed by atoms with E-state index in [2.05, 4.69) is 19.6 Å². The first-order chi connectivity index (χ1) is 17.8. The zero-order valence-corrected chi connectivity index (χ0v) is 20.9. The summed E-state index contributed by atoms with van der Waals surface area (Å²) in [6.07, 6.45) is 1.50. The van der Waals surface area contributed by atoms with Gasteiger partial charge in [0, 0.05) is 23.3 Å². The highest BCUT2D eigenvalue weighted by molar-refractivity contribution is 7.93. The number of benzene rings is 3. The molecular weight excluding hydrogens is 499 g/mol. The number of methoxy groups -OCH3 is 1. The highest BCUT2D eigenvalue weighted by Gasteiger charge is 2.29. The fraction of sp³-hybridized carbons (Fsp3) is 0.231. The molecule has 0 amide bonds. The Hall–Kier alpha value is -3.80. The summed E-state index contributed by atoms with van der Waals surface area (Å²) >= 11 is 0. The maximum atomic E-state index is 14.0. The van der Waals surface area contributed by atoms with E-state index in [0.717, 1.165) is 0 Å². The number of nitrogens with one attached hydrogen (secondary N) is 1. The van der Waals surface area contributed by atoms with Gasteiger partial charge in [0.25, 0.3) is 0 Å². The predicted molar refractivity (Wildman–Crippen MR) is 138 cm³/mol. The number of fused-ring (bicyclic) bond motifs is 1. The Labute approximate surface area is 213 Å². The Balaban J connectivity index is 1.54. The van der Waals surface area contributed by atoms with Gasteiger partial charge in [0.15, 0.2) is 6.10 Å². The average molecular weight is 525 g/mol. The molecule has 1 aromatic heterocycles. The van der Waals surface area contributed by atoms with Crippen molar-refractivity contribution in [2.75, 3.05) is 31.9 Å². The van der Waals surface area contributed by atoms with Crippen LogP contribution in [0.15, 0.2) is 76.2 Å². The van der Waals surface area contributed by atoms with Gasteiger partial charge in [-0.2, -0.15) is 4.36 Å². The first-order valence-electron chi connectivity index (χ1n) is 11.4. The van der Waals surface area contributed by atoms with Gasteiger partial charge in [0.05, 0.1) is 52.3 Å². The van der Waals surface area contributed by atoms with Crippen LogP contribution in [0.25, 0.3) is 10.9 Å². The Morgan fingerprint density at radius 3 is 2.65 bits per heavy atom. The fourth-order valence-corrected chi connectivity index (χ4v) is 5.27. The first-order valence-corrected chi connectivity index (χ1v) is 13.4. The third-order valence-corrected chi connectivity index (χ3v) is 7.55. The highest BCUT2D eigenvalue weighted by Crippen LogP contribution is 2.38. The lowest BCUT2D eigenvalue weighted by Crippen LogP contribution is -2.30. The van der Waals surface area contributed by atoms with Crippen LogP contribution in [0.5, 0.6) is 11.5 Å². The van der Waals surface area contributed by atoms with Crippen LogP contribution in [-0.2, 0) is 14.5 Å². The second-order valence-electron chi connectivity index (χ2n) is 8.50. The lowest BCUT2D eigenvalue weighted by atomic mass is 10.2. The molecule has 1 aliphatic heterocycles. The van der Waals surface area contributed by atoms with E-state index in [-0.39, 0.29) is 19.0 Å². The molecule has 11 heteroatoms. The highest BCUT2D eigenvalue weighted by atomic mass is 32.2. The SMILES string of the molecule is COc1cc(N=S(C)(=O)c2ccccc2)cc2ncnc(Nc3ccc(F)cc3O[C@H]3COC[C@@H]3O)c12. The van der Waals surface area contributed by atoms with Crippen molar-refractivity contribution in [3.8, 4) is 11.5 Å². The summed E-state index contributed by atoms with van der Waals surface area (Å²) in [7, 11) is -1.21. The minimum atomic E-state index is -2.71. The van der Waals surface area contributed by atoms with Gasteiger partial charge >= 0.3 is 0 Å². The van der Waals surface area contributed by atoms with Crippen molar-refractivity contribution in [2.45, 2.75) is 17.1 Å². The summed E-state index contributed by atoms with van der Waals surface area (Å²) in [6, 6.07) is 16.4. The molecule has 2 heterocycles. The van der Waals surface area contributed by atoms with Crippen molar-refractivity contribution >= 4 is 37.8 Å². The number of hydrogen-bond acceptors (Lipinski definition) is 9. The smallest absolute Gasteiger partial charge is 0.150 e. The molecule has 3 atom stereocenters. The molecule has 1 unspecified atom stereocenters. The molecule has 4 aromatic rings. The number of hydrogen-bond donors (Lipinski definition) is 2. The Bertz CT molecular complexity index is 1560. The molecule has 5 rings (SSSR count). The van der Waals surface area contributed by atoms with Gasteiger partial charge < -0.3 is 24.6 Å². The third kappa shape index (κ3) is 5.33. The van der Waals surface area contributed by atoms with Crippen molar-refractivity contribution < 1.29 is 27.9 Å². The summed E-state index contributed by atoms with van der Waals surface area (Å²) in [5.41, 5.74) is 1.37. The molecule has 192 valence electrons. The minimum Gasteiger partial charge on any atom is -0.496 e. The molecule has 3 aromatic carbocycles. The van der Waals surface area contributed by atoms with Crippen molar-refractivity contribution in [1.82, 2.24) is 9.97 Å². The lowest BCUT2D eigenvalue weighted by molar-refractivity contribution is 0.0736. The van der Waals surface area contributed by atoms with Crippen molar-refractivity contribution in [3.63, 3.8) is 0 Å². The number of aliphatic hydroxyl groups excluding tert-OH is 1. The molecule has 0 bridgehead atoms. The lowest BCUT2D eigenvalue weighted by Gasteiger charge is -2.19. The Morgan fingerprint density at radius 2 is 1.92 bits per heavy atom. The zero-order valence-electron chi connectivity index (χ0n) is 20.1. The molecule has 0 spiro atoms. The van der Waals surface area contributed by atoms with E-state index in [9.17, 15) is 13.7 Å². The van der Waals surface area contributed by atoms with Crippen LogP contribution >= 0.6 is 0 Å². The largest absolute Gasteiger partial charge is 0.496 e. The number of halogens is 1. The summed E-state index contributed by atoms with van der Waals surface area (Å²) < 4.78 is 48.6. The van der Waals surface area contributed by atoms with Crippen LogP contribution in [0, 0.1) is 5.82 Å². The van der Waals surface area contributed by atoms with Gasteiger partial charge in [-0.15, -0.1) is 0 Å². The minimum absolute atomic E-state index is 0.151. The van der Waals surface area contributed by atoms with E-state index in [0.29, 0.717) is 38.7 Å². The Morgan fingerprint density at radius 1 is 1.11 bits per heavy atom. The first kappa shape index (κ1) is 24.9. The molecule has 2 N–H and O–H groups in total. The van der Waals surface area contributed by atoms with E-state index in [1.54, 1.807) is 30.5 Å². The molecule has 0 saturated carbocycles. The van der Waals surface area contributed by atoms with Gasteiger partial charge in [-0.1, -0.05) is 18.2 Å². The van der Waals surface area contributed by atoms with Gasteiger partial charge in [0.2, 0.25) is 0 Å². The number of rotatable bonds is 7. The predicted octanol–water partition coefficient (Wildman–Crippen LogP) is 4.45. The van der Waals surface area contributed by atoms with Crippen molar-refractivity contribution in [2.24, 2.45) is 4.36 Å². The van der Waals surface area contributed by atoms with E-state index < -0.39 is 27.8 Å². The maximum absolute atomic E-state index is 14.0. The van der Waals surface area contributed by atoms with Crippen LogP contribution in [0.2, 0.25) is 0 Å². The molecule has 9 nitrogen and oxygen atoms in total. The van der Waals surface area contributed by atoms with Gasteiger partial charge in [-0.05, 0) is 30.3 Å². The molecule has 1 aliphatic rings. The quantitative estimate of drug-likeness (QED) is 0.365. The Kier molecular flexibility index (Phi) is 6.92. The van der Waals surface area contributed by atoms with Gasteiger partial charge in [0.1, 0.15) is 35.6 Å². The standard InChI is InChI=1S/C26H25FN4O5S/c1-34-23-12-17(31-37(2,33)18-6-4-3-5-7-18)11-20-25(23)26(29-15-28-20)30-19-9-8-16(27)10-22(19)36-24-14-35-13-21(24)32/h3-12,15,21,24,32H,13-14H2,1-2H3,(H,28,29,30)/t21-,24-,37?/m0/s1. The maximum Gasteiger partial charge on any atom is 0.150 e. The van der Waals surface area contributed by atoms with Crippen LogP contribution in [0.3, 0.4) is 0 Å². The number of aromatic nitrogens is 2. The number of aliphatic hydroxyl groups is 1. The van der Waals surface area contributed by atoms with E-state index in [1.165, 1.54) is 31.6 Å². The fourth-order valence-electron chi connectivity index (χ4n) is 4.00. The molecule has 37 heavy (non-hydrogen) atoms. The normalized spacial score (nSPS) is 18.8. The molecule has 1 fully saturated rings. The number of nitrogens with zero attached hydrogens (tertiary/aromatic N) is 3. The van der Waals surface area contributed by atoms with E-state index in [4.69, 9.17) is 14.2 Å². The summed E-state index contributed by atoms with van der Waals surface area (Å²) in [4.78, 5) is 9.33. The van der Waals surface area contributed by atoms with Gasteiger partial charge in [-0.3, -0.25) is 0 Å². The van der Waals surface area contributed by atoms with Crippen LogP contribution in [-0.4, -0.2) is 58.1 Å². The topological polar surface area (TPSA) is 115 Å². The van der Waals surface area contributed by atoms with E-state index >= 15 is 0 Å². The molecule has 0 aliphatic carbocycles. The van der Waals surface area contributed by atoms with Gasteiger partial charge in [-0.25, -0.2) is 18.6 Å². The second kappa shape index (κ2) is 10.3. The van der Waals surface area contributed by atoms with Crippen LogP contribution < -0.4 is 14.8 Å². The summed E-state index contributed by atoms with van der Waals surface area (Å²) in [5.74, 6) is 0.493. The summed E-state index contributed by atoms with van der Waals surface area (Å²) in [5, 5.41) is 13.8. The third-order valence-electron chi connectivity index (χ3n) is 5.84. The number of ether oxygens (including phenoxy) is 3. The van der Waals surface area contributed by atoms with Crippen LogP contribution in [0.1, 0.15) is 0 Å². The zero-order chi connectivity index (χ0) is 26.0. The summed E-state index contributed by atoms with van der Waals surface area (Å²) in [6.45, 7) is 0.343. The van der Waals surface area contributed by atoms with Crippen molar-refractivity contribution in [3.05, 3.63) is 72.8 Å². The molecule has 0 radical (unpaired) electrons. The van der Waals surface area contributed by atoms with Crippen molar-refractivity contribution in [1.29, 1.82) is 0 Å². The van der Waals surface area contributed by atoms with Crippen LogP contribution in [0.4, 0.5) is 21.6 Å². The van der Waals surface area contributed by atoms with E-state index in [1.807, 2.05) is 18.2 Å². The average Bonchev–Trinajstić information content (AvgIpc) is 3.29. The number of anilines is 2.